The van der Waals surface area contributed by atoms with Crippen LogP contribution in [0, 0.1) is 0 Å². The highest BCUT2D eigenvalue weighted by Gasteiger charge is 2.16. The van der Waals surface area contributed by atoms with Crippen LogP contribution in [0.4, 0.5) is 0 Å². The standard InChI is InChI=1S/C15H20BrNO4/c1-10(4-3-5-14(18)19)17-15(20)11(2)21-13-8-6-12(16)7-9-13/h6-11H,3-5H2,1-2H3,(H,17,20)(H,18,19). The van der Waals surface area contributed by atoms with Gasteiger partial charge in [-0.15, -0.1) is 0 Å². The number of halogens is 1. The maximum atomic E-state index is 12.0. The number of hydrogen-bond acceptors (Lipinski definition) is 3. The summed E-state index contributed by atoms with van der Waals surface area (Å²) in [7, 11) is 0. The van der Waals surface area contributed by atoms with Gasteiger partial charge in [0.25, 0.3) is 5.91 Å². The first-order valence-corrected chi connectivity index (χ1v) is 7.62. The van der Waals surface area contributed by atoms with Crippen LogP contribution in [0.5, 0.6) is 5.75 Å². The Bertz CT molecular complexity index is 475. The second-order valence-electron chi connectivity index (χ2n) is 4.91. The lowest BCUT2D eigenvalue weighted by Crippen LogP contribution is -2.41. The normalized spacial score (nSPS) is 13.3. The Morgan fingerprint density at radius 3 is 2.48 bits per heavy atom. The van der Waals surface area contributed by atoms with E-state index in [0.717, 1.165) is 4.47 Å². The molecule has 0 radical (unpaired) electrons. The number of carbonyl (C=O) groups is 2. The largest absolute Gasteiger partial charge is 0.481 e. The van der Waals surface area contributed by atoms with Crippen molar-refractivity contribution in [2.75, 3.05) is 0 Å². The summed E-state index contributed by atoms with van der Waals surface area (Å²) in [5.41, 5.74) is 0. The highest BCUT2D eigenvalue weighted by molar-refractivity contribution is 9.10. The van der Waals surface area contributed by atoms with E-state index in [1.54, 1.807) is 19.1 Å². The summed E-state index contributed by atoms with van der Waals surface area (Å²) in [6.07, 6.45) is 0.681. The second kappa shape index (κ2) is 8.67. The molecule has 2 atom stereocenters. The molecule has 1 rings (SSSR count). The fourth-order valence-corrected chi connectivity index (χ4v) is 2.03. The number of rotatable bonds is 8. The molecule has 2 unspecified atom stereocenters. The Balaban J connectivity index is 2.36. The minimum Gasteiger partial charge on any atom is -0.481 e. The molecule has 5 nitrogen and oxygen atoms in total. The van der Waals surface area contributed by atoms with Crippen LogP contribution >= 0.6 is 15.9 Å². The average Bonchev–Trinajstić information content (AvgIpc) is 2.40. The van der Waals surface area contributed by atoms with Crippen molar-refractivity contribution >= 4 is 27.8 Å². The van der Waals surface area contributed by atoms with Gasteiger partial charge >= 0.3 is 5.97 Å². The minimum atomic E-state index is -0.819. The van der Waals surface area contributed by atoms with Crippen LogP contribution in [-0.4, -0.2) is 29.1 Å². The molecule has 21 heavy (non-hydrogen) atoms. The molecule has 0 saturated carbocycles. The molecule has 1 amide bonds. The molecular formula is C15H20BrNO4. The van der Waals surface area contributed by atoms with E-state index in [1.807, 2.05) is 19.1 Å². The van der Waals surface area contributed by atoms with Crippen LogP contribution in [0.25, 0.3) is 0 Å². The van der Waals surface area contributed by atoms with Crippen molar-refractivity contribution in [1.82, 2.24) is 5.32 Å². The summed E-state index contributed by atoms with van der Waals surface area (Å²) in [4.78, 5) is 22.4. The number of carbonyl (C=O) groups excluding carboxylic acids is 1. The molecule has 0 spiro atoms. The molecule has 6 heteroatoms. The zero-order valence-electron chi connectivity index (χ0n) is 12.1. The van der Waals surface area contributed by atoms with Gasteiger partial charge in [-0.05, 0) is 51.0 Å². The molecule has 0 aliphatic carbocycles. The predicted molar refractivity (Wildman–Crippen MR) is 83.3 cm³/mol. The first-order chi connectivity index (χ1) is 9.88. The van der Waals surface area contributed by atoms with E-state index >= 15 is 0 Å². The highest BCUT2D eigenvalue weighted by Crippen LogP contribution is 2.17. The molecule has 0 aromatic heterocycles. The third-order valence-electron chi connectivity index (χ3n) is 2.91. The van der Waals surface area contributed by atoms with Crippen LogP contribution in [0.15, 0.2) is 28.7 Å². The molecule has 0 heterocycles. The SMILES string of the molecule is CC(CCCC(=O)O)NC(=O)C(C)Oc1ccc(Br)cc1. The third kappa shape index (κ3) is 7.13. The quantitative estimate of drug-likeness (QED) is 0.749. The molecule has 2 N–H and O–H groups in total. The average molecular weight is 358 g/mol. The van der Waals surface area contributed by atoms with E-state index in [0.29, 0.717) is 18.6 Å². The molecule has 1 aromatic carbocycles. The summed E-state index contributed by atoms with van der Waals surface area (Å²) in [5, 5.41) is 11.4. The number of amides is 1. The number of hydrogen-bond donors (Lipinski definition) is 2. The van der Waals surface area contributed by atoms with E-state index in [2.05, 4.69) is 21.2 Å². The Morgan fingerprint density at radius 2 is 1.90 bits per heavy atom. The summed E-state index contributed by atoms with van der Waals surface area (Å²) in [6.45, 7) is 3.54. The van der Waals surface area contributed by atoms with Crippen molar-refractivity contribution in [3.05, 3.63) is 28.7 Å². The van der Waals surface area contributed by atoms with E-state index in [4.69, 9.17) is 9.84 Å². The molecule has 0 aliphatic heterocycles. The number of carboxylic acids is 1. The van der Waals surface area contributed by atoms with Crippen LogP contribution in [-0.2, 0) is 9.59 Å². The van der Waals surface area contributed by atoms with Crippen molar-refractivity contribution < 1.29 is 19.4 Å². The Kier molecular flexibility index (Phi) is 7.22. The zero-order valence-corrected chi connectivity index (χ0v) is 13.7. The van der Waals surface area contributed by atoms with Crippen molar-refractivity contribution in [2.45, 2.75) is 45.3 Å². The van der Waals surface area contributed by atoms with E-state index in [1.165, 1.54) is 0 Å². The van der Waals surface area contributed by atoms with Crippen molar-refractivity contribution in [1.29, 1.82) is 0 Å². The van der Waals surface area contributed by atoms with Gasteiger partial charge in [-0.3, -0.25) is 9.59 Å². The van der Waals surface area contributed by atoms with Crippen molar-refractivity contribution in [3.8, 4) is 5.75 Å². The highest BCUT2D eigenvalue weighted by atomic mass is 79.9. The van der Waals surface area contributed by atoms with E-state index < -0.39 is 12.1 Å². The van der Waals surface area contributed by atoms with E-state index in [9.17, 15) is 9.59 Å². The molecular weight excluding hydrogens is 338 g/mol. The molecule has 0 aliphatic rings. The summed E-state index contributed by atoms with van der Waals surface area (Å²) in [5.74, 6) is -0.402. The van der Waals surface area contributed by atoms with Gasteiger partial charge in [0.1, 0.15) is 5.75 Å². The van der Waals surface area contributed by atoms with Gasteiger partial charge in [-0.1, -0.05) is 15.9 Å². The van der Waals surface area contributed by atoms with Gasteiger partial charge in [-0.2, -0.15) is 0 Å². The van der Waals surface area contributed by atoms with Crippen LogP contribution < -0.4 is 10.1 Å². The monoisotopic (exact) mass is 357 g/mol. The van der Waals surface area contributed by atoms with Gasteiger partial charge in [0.15, 0.2) is 6.10 Å². The van der Waals surface area contributed by atoms with Gasteiger partial charge in [0, 0.05) is 16.9 Å². The lowest BCUT2D eigenvalue weighted by molar-refractivity contribution is -0.137. The van der Waals surface area contributed by atoms with Crippen LogP contribution in [0.1, 0.15) is 33.1 Å². The summed E-state index contributed by atoms with van der Waals surface area (Å²) < 4.78 is 6.49. The molecule has 0 fully saturated rings. The second-order valence-corrected chi connectivity index (χ2v) is 5.83. The number of aliphatic carboxylic acids is 1. The predicted octanol–water partition coefficient (Wildman–Crippen LogP) is 2.98. The van der Waals surface area contributed by atoms with Gasteiger partial charge in [-0.25, -0.2) is 0 Å². The molecule has 0 bridgehead atoms. The number of nitrogens with one attached hydrogen (secondary N) is 1. The number of carboxylic acid groups (broad SMARTS) is 1. The topological polar surface area (TPSA) is 75.6 Å². The number of benzene rings is 1. The van der Waals surface area contributed by atoms with Crippen LogP contribution in [0.3, 0.4) is 0 Å². The molecule has 1 aromatic rings. The maximum absolute atomic E-state index is 12.0. The Morgan fingerprint density at radius 1 is 1.29 bits per heavy atom. The fourth-order valence-electron chi connectivity index (χ4n) is 1.76. The third-order valence-corrected chi connectivity index (χ3v) is 3.44. The Hall–Kier alpha value is -1.56. The lowest BCUT2D eigenvalue weighted by Gasteiger charge is -2.18. The number of ether oxygens (including phenoxy) is 1. The van der Waals surface area contributed by atoms with Crippen LogP contribution in [0.2, 0.25) is 0 Å². The molecule has 116 valence electrons. The fraction of sp³-hybridized carbons (Fsp3) is 0.467. The van der Waals surface area contributed by atoms with Crippen molar-refractivity contribution in [3.63, 3.8) is 0 Å². The maximum Gasteiger partial charge on any atom is 0.303 e. The van der Waals surface area contributed by atoms with Crippen molar-refractivity contribution in [2.24, 2.45) is 0 Å². The minimum absolute atomic E-state index is 0.0761. The first kappa shape index (κ1) is 17.5. The molecule has 0 saturated heterocycles. The Labute approximate surface area is 132 Å². The van der Waals surface area contributed by atoms with Gasteiger partial charge in [0.2, 0.25) is 0 Å². The summed E-state index contributed by atoms with van der Waals surface area (Å²) in [6, 6.07) is 7.17. The van der Waals surface area contributed by atoms with Gasteiger partial charge < -0.3 is 15.2 Å². The first-order valence-electron chi connectivity index (χ1n) is 6.83. The zero-order chi connectivity index (χ0) is 15.8. The van der Waals surface area contributed by atoms with Gasteiger partial charge in [0.05, 0.1) is 0 Å². The summed E-state index contributed by atoms with van der Waals surface area (Å²) >= 11 is 3.33. The van der Waals surface area contributed by atoms with E-state index in [-0.39, 0.29) is 18.4 Å². The lowest BCUT2D eigenvalue weighted by atomic mass is 10.1. The smallest absolute Gasteiger partial charge is 0.303 e.